The van der Waals surface area contributed by atoms with Gasteiger partial charge in [0.15, 0.2) is 0 Å². The highest BCUT2D eigenvalue weighted by atomic mass is 14.3. The van der Waals surface area contributed by atoms with Crippen molar-refractivity contribution in [2.45, 2.75) is 122 Å². The standard InChI is InChI=1S/C34H48/c1-4-7-9-10-14-28-18-23-30(24-19-28)31-25-20-29(21-26-31)22-27-33-16-11-12-17-34(33)32(13-6-3)15-8-5-2/h11-12,16-19,23-24,29,31-32H,4-10,13-15,20-21,25-26H2,1-3H3/t29-,31-,32?. The number of unbranched alkanes of at least 4 members (excludes halogenated alkanes) is 4. The monoisotopic (exact) mass is 456 g/mol. The van der Waals surface area contributed by atoms with E-state index in [1.54, 1.807) is 5.56 Å². The summed E-state index contributed by atoms with van der Waals surface area (Å²) in [5.74, 6) is 9.28. The molecule has 0 N–H and O–H groups in total. The molecule has 0 bridgehead atoms. The van der Waals surface area contributed by atoms with Crippen LogP contribution in [0.15, 0.2) is 48.5 Å². The summed E-state index contributed by atoms with van der Waals surface area (Å²) >= 11 is 0. The normalized spacial score (nSPS) is 18.8. The van der Waals surface area contributed by atoms with E-state index in [9.17, 15) is 0 Å². The second-order valence-electron chi connectivity index (χ2n) is 10.6. The lowest BCUT2D eigenvalue weighted by molar-refractivity contribution is 0.384. The summed E-state index contributed by atoms with van der Waals surface area (Å²) in [6.45, 7) is 6.90. The Bertz CT molecular complexity index is 870. The van der Waals surface area contributed by atoms with E-state index >= 15 is 0 Å². The molecule has 0 nitrogen and oxygen atoms in total. The molecular formula is C34H48. The summed E-state index contributed by atoms with van der Waals surface area (Å²) in [5.41, 5.74) is 5.84. The molecule has 0 aliphatic heterocycles. The molecule has 1 saturated carbocycles. The molecule has 0 heteroatoms. The number of hydrogen-bond acceptors (Lipinski definition) is 0. The van der Waals surface area contributed by atoms with Gasteiger partial charge in [-0.3, -0.25) is 0 Å². The van der Waals surface area contributed by atoms with Gasteiger partial charge in [0.25, 0.3) is 0 Å². The van der Waals surface area contributed by atoms with Gasteiger partial charge < -0.3 is 0 Å². The minimum absolute atomic E-state index is 0.558. The first-order valence-corrected chi connectivity index (χ1v) is 14.4. The quantitative estimate of drug-likeness (QED) is 0.220. The van der Waals surface area contributed by atoms with Gasteiger partial charge >= 0.3 is 0 Å². The molecule has 2 aromatic rings. The van der Waals surface area contributed by atoms with Crippen molar-refractivity contribution in [2.75, 3.05) is 0 Å². The molecule has 0 saturated heterocycles. The van der Waals surface area contributed by atoms with Crippen molar-refractivity contribution in [1.29, 1.82) is 0 Å². The smallest absolute Gasteiger partial charge is 0.0280 e. The van der Waals surface area contributed by atoms with Crippen molar-refractivity contribution >= 4 is 0 Å². The molecule has 1 aliphatic carbocycles. The average molecular weight is 457 g/mol. The highest BCUT2D eigenvalue weighted by Crippen LogP contribution is 2.36. The Kier molecular flexibility index (Phi) is 11.8. The van der Waals surface area contributed by atoms with Crippen molar-refractivity contribution in [3.63, 3.8) is 0 Å². The van der Waals surface area contributed by atoms with E-state index < -0.39 is 0 Å². The van der Waals surface area contributed by atoms with Gasteiger partial charge in [0.05, 0.1) is 0 Å². The summed E-state index contributed by atoms with van der Waals surface area (Å²) in [4.78, 5) is 0. The van der Waals surface area contributed by atoms with E-state index in [1.807, 2.05) is 0 Å². The van der Waals surface area contributed by atoms with Gasteiger partial charge in [0.1, 0.15) is 0 Å². The van der Waals surface area contributed by atoms with Gasteiger partial charge in [-0.05, 0) is 86.0 Å². The molecule has 0 aromatic heterocycles. The number of benzene rings is 2. The zero-order valence-electron chi connectivity index (χ0n) is 22.3. The minimum Gasteiger partial charge on any atom is -0.0945 e. The molecule has 3 rings (SSSR count). The van der Waals surface area contributed by atoms with E-state index in [2.05, 4.69) is 81.1 Å². The molecule has 1 fully saturated rings. The molecule has 0 heterocycles. The van der Waals surface area contributed by atoms with Crippen molar-refractivity contribution in [1.82, 2.24) is 0 Å². The fourth-order valence-corrected chi connectivity index (χ4v) is 5.68. The minimum atomic E-state index is 0.558. The molecule has 1 atom stereocenters. The van der Waals surface area contributed by atoms with Crippen LogP contribution in [0.2, 0.25) is 0 Å². The first kappa shape index (κ1) is 26.6. The van der Waals surface area contributed by atoms with Crippen LogP contribution in [0.4, 0.5) is 0 Å². The molecule has 2 aromatic carbocycles. The van der Waals surface area contributed by atoms with E-state index in [1.165, 1.54) is 107 Å². The predicted molar refractivity (Wildman–Crippen MR) is 149 cm³/mol. The molecule has 184 valence electrons. The molecule has 34 heavy (non-hydrogen) atoms. The highest BCUT2D eigenvalue weighted by molar-refractivity contribution is 5.43. The average Bonchev–Trinajstić information content (AvgIpc) is 2.89. The third-order valence-electron chi connectivity index (χ3n) is 7.85. The molecule has 0 spiro atoms. The third kappa shape index (κ3) is 8.34. The zero-order valence-corrected chi connectivity index (χ0v) is 22.3. The van der Waals surface area contributed by atoms with Crippen molar-refractivity contribution in [3.05, 3.63) is 70.8 Å². The molecular weight excluding hydrogens is 408 g/mol. The summed E-state index contributed by atoms with van der Waals surface area (Å²) in [7, 11) is 0. The molecule has 0 amide bonds. The van der Waals surface area contributed by atoms with Gasteiger partial charge in [0.2, 0.25) is 0 Å². The SMILES string of the molecule is CCCCCCc1ccc([C@H]2CC[C@H](C#Cc3ccccc3C(CCC)CCCC)CC2)cc1. The lowest BCUT2D eigenvalue weighted by Crippen LogP contribution is -2.12. The first-order valence-electron chi connectivity index (χ1n) is 14.4. The summed E-state index contributed by atoms with van der Waals surface area (Å²) in [6, 6.07) is 18.6. The summed E-state index contributed by atoms with van der Waals surface area (Å²) in [6.07, 6.45) is 18.1. The van der Waals surface area contributed by atoms with E-state index in [-0.39, 0.29) is 0 Å². The largest absolute Gasteiger partial charge is 0.0945 e. The summed E-state index contributed by atoms with van der Waals surface area (Å²) in [5, 5.41) is 0. The van der Waals surface area contributed by atoms with Gasteiger partial charge in [-0.1, -0.05) is 114 Å². The van der Waals surface area contributed by atoms with Crippen LogP contribution in [0.5, 0.6) is 0 Å². The lowest BCUT2D eigenvalue weighted by atomic mass is 9.78. The van der Waals surface area contributed by atoms with Crippen molar-refractivity contribution in [2.24, 2.45) is 5.92 Å². The van der Waals surface area contributed by atoms with Crippen molar-refractivity contribution < 1.29 is 0 Å². The zero-order chi connectivity index (χ0) is 24.0. The van der Waals surface area contributed by atoms with Gasteiger partial charge in [-0.25, -0.2) is 0 Å². The Hall–Kier alpha value is -2.00. The fraction of sp³-hybridized carbons (Fsp3) is 0.588. The Labute approximate surface area is 211 Å². The van der Waals surface area contributed by atoms with Crippen LogP contribution in [-0.4, -0.2) is 0 Å². The van der Waals surface area contributed by atoms with E-state index in [0.29, 0.717) is 11.8 Å². The van der Waals surface area contributed by atoms with Crippen LogP contribution < -0.4 is 0 Å². The number of aryl methyl sites for hydroxylation is 1. The Morgan fingerprint density at radius 3 is 2.18 bits per heavy atom. The Morgan fingerprint density at radius 1 is 0.735 bits per heavy atom. The maximum atomic E-state index is 3.70. The topological polar surface area (TPSA) is 0 Å². The maximum Gasteiger partial charge on any atom is 0.0280 e. The van der Waals surface area contributed by atoms with Gasteiger partial charge in [0, 0.05) is 11.5 Å². The highest BCUT2D eigenvalue weighted by Gasteiger charge is 2.21. The van der Waals surface area contributed by atoms with E-state index in [4.69, 9.17) is 0 Å². The first-order chi connectivity index (χ1) is 16.7. The number of rotatable bonds is 12. The second-order valence-corrected chi connectivity index (χ2v) is 10.6. The van der Waals surface area contributed by atoms with Crippen LogP contribution in [0.25, 0.3) is 0 Å². The Balaban J connectivity index is 1.55. The van der Waals surface area contributed by atoms with Crippen molar-refractivity contribution in [3.8, 4) is 11.8 Å². The third-order valence-corrected chi connectivity index (χ3v) is 7.85. The van der Waals surface area contributed by atoms with Crippen LogP contribution >= 0.6 is 0 Å². The van der Waals surface area contributed by atoms with Crippen LogP contribution in [0.3, 0.4) is 0 Å². The number of hydrogen-bond donors (Lipinski definition) is 0. The maximum absolute atomic E-state index is 3.70. The van der Waals surface area contributed by atoms with Gasteiger partial charge in [-0.15, -0.1) is 0 Å². The van der Waals surface area contributed by atoms with Crippen LogP contribution in [0.1, 0.15) is 138 Å². The molecule has 0 radical (unpaired) electrons. The van der Waals surface area contributed by atoms with E-state index in [0.717, 1.165) is 5.92 Å². The molecule has 1 aliphatic rings. The molecule has 1 unspecified atom stereocenters. The predicted octanol–water partition coefficient (Wildman–Crippen LogP) is 10.2. The van der Waals surface area contributed by atoms with Gasteiger partial charge in [-0.2, -0.15) is 0 Å². The second kappa shape index (κ2) is 15.1. The van der Waals surface area contributed by atoms with Crippen LogP contribution in [-0.2, 0) is 6.42 Å². The Morgan fingerprint density at radius 2 is 1.47 bits per heavy atom. The fourth-order valence-electron chi connectivity index (χ4n) is 5.68. The lowest BCUT2D eigenvalue weighted by Gasteiger charge is -2.26. The summed E-state index contributed by atoms with van der Waals surface area (Å²) < 4.78 is 0. The van der Waals surface area contributed by atoms with Crippen LogP contribution in [0, 0.1) is 17.8 Å².